The molecule has 0 aliphatic carbocycles. The molecule has 2 aromatic carbocycles. The summed E-state index contributed by atoms with van der Waals surface area (Å²) in [5.41, 5.74) is 3.17. The molecule has 30 heavy (non-hydrogen) atoms. The van der Waals surface area contributed by atoms with Gasteiger partial charge in [0.15, 0.2) is 5.82 Å². The van der Waals surface area contributed by atoms with Gasteiger partial charge in [0.25, 0.3) is 0 Å². The van der Waals surface area contributed by atoms with Gasteiger partial charge in [-0.3, -0.25) is 4.79 Å². The Morgan fingerprint density at radius 1 is 1.07 bits per heavy atom. The molecule has 1 unspecified atom stereocenters. The van der Waals surface area contributed by atoms with Crippen LogP contribution < -0.4 is 10.2 Å². The molecular weight excluding hydrogens is 392 g/mol. The Morgan fingerprint density at radius 2 is 1.80 bits per heavy atom. The summed E-state index contributed by atoms with van der Waals surface area (Å²) in [5.74, 6) is 0.859. The first-order chi connectivity index (χ1) is 14.6. The Kier molecular flexibility index (Phi) is 6.33. The molecule has 0 radical (unpaired) electrons. The first-order valence-corrected chi connectivity index (χ1v) is 11.1. The number of hydrogen-bond acceptors (Lipinski definition) is 5. The monoisotopic (exact) mass is 418 g/mol. The molecule has 4 rings (SSSR count). The highest BCUT2D eigenvalue weighted by atomic mass is 32.2. The van der Waals surface area contributed by atoms with Crippen molar-refractivity contribution in [3.63, 3.8) is 0 Å². The third-order valence-electron chi connectivity index (χ3n) is 5.19. The van der Waals surface area contributed by atoms with E-state index in [1.165, 1.54) is 0 Å². The summed E-state index contributed by atoms with van der Waals surface area (Å²) in [5, 5.41) is 3.99. The van der Waals surface area contributed by atoms with Crippen LogP contribution in [0.4, 0.5) is 11.5 Å². The van der Waals surface area contributed by atoms with Crippen LogP contribution in [0.5, 0.6) is 0 Å². The minimum Gasteiger partial charge on any atom is -0.354 e. The minimum absolute atomic E-state index is 0.0730. The number of aromatic nitrogens is 2. The first kappa shape index (κ1) is 20.4. The van der Waals surface area contributed by atoms with E-state index in [4.69, 9.17) is 0 Å². The van der Waals surface area contributed by atoms with Crippen molar-refractivity contribution < 1.29 is 4.79 Å². The Bertz CT molecular complexity index is 1000. The second-order valence-electron chi connectivity index (χ2n) is 7.75. The minimum atomic E-state index is -0.0730. The predicted octanol–water partition coefficient (Wildman–Crippen LogP) is 5.10. The van der Waals surface area contributed by atoms with Gasteiger partial charge in [0.2, 0.25) is 5.91 Å². The number of carbonyl (C=O) groups excluding carboxylic acids is 1. The SMILES string of the molecule is Cc1cc(C)cc(NC(=O)C2CCCN(c3nccnc3Sc3ccccc3)C2)c1. The van der Waals surface area contributed by atoms with Crippen molar-refractivity contribution in [2.45, 2.75) is 36.6 Å². The number of anilines is 2. The van der Waals surface area contributed by atoms with Gasteiger partial charge in [0, 0.05) is 36.1 Å². The van der Waals surface area contributed by atoms with Gasteiger partial charge >= 0.3 is 0 Å². The maximum absolute atomic E-state index is 13.0. The van der Waals surface area contributed by atoms with Crippen molar-refractivity contribution in [2.75, 3.05) is 23.3 Å². The first-order valence-electron chi connectivity index (χ1n) is 10.3. The van der Waals surface area contributed by atoms with Crippen LogP contribution in [0.3, 0.4) is 0 Å². The topological polar surface area (TPSA) is 58.1 Å². The fraction of sp³-hybridized carbons (Fsp3) is 0.292. The molecule has 3 aromatic rings. The largest absolute Gasteiger partial charge is 0.354 e. The lowest BCUT2D eigenvalue weighted by atomic mass is 9.97. The molecule has 5 nitrogen and oxygen atoms in total. The predicted molar refractivity (Wildman–Crippen MR) is 122 cm³/mol. The smallest absolute Gasteiger partial charge is 0.229 e. The van der Waals surface area contributed by atoms with Gasteiger partial charge in [-0.2, -0.15) is 0 Å². The van der Waals surface area contributed by atoms with E-state index >= 15 is 0 Å². The maximum atomic E-state index is 13.0. The van der Waals surface area contributed by atoms with Crippen molar-refractivity contribution in [1.82, 2.24) is 9.97 Å². The van der Waals surface area contributed by atoms with Gasteiger partial charge in [-0.25, -0.2) is 9.97 Å². The molecule has 0 spiro atoms. The summed E-state index contributed by atoms with van der Waals surface area (Å²) in [7, 11) is 0. The number of carbonyl (C=O) groups is 1. The molecule has 154 valence electrons. The van der Waals surface area contributed by atoms with Crippen LogP contribution in [0, 0.1) is 19.8 Å². The van der Waals surface area contributed by atoms with Gasteiger partial charge in [0.05, 0.1) is 5.92 Å². The van der Waals surface area contributed by atoms with Crippen LogP contribution in [-0.2, 0) is 4.79 Å². The summed E-state index contributed by atoms with van der Waals surface area (Å²) >= 11 is 1.61. The molecule has 0 bridgehead atoms. The molecule has 1 N–H and O–H groups in total. The van der Waals surface area contributed by atoms with Crippen LogP contribution in [0.15, 0.2) is 70.8 Å². The summed E-state index contributed by atoms with van der Waals surface area (Å²) in [4.78, 5) is 25.5. The second kappa shape index (κ2) is 9.30. The van der Waals surface area contributed by atoms with Crippen LogP contribution in [0.2, 0.25) is 0 Å². The summed E-state index contributed by atoms with van der Waals surface area (Å²) in [6, 6.07) is 16.3. The van der Waals surface area contributed by atoms with Crippen molar-refractivity contribution in [1.29, 1.82) is 0 Å². The number of amides is 1. The molecule has 1 aromatic heterocycles. The van der Waals surface area contributed by atoms with Crippen LogP contribution in [0.25, 0.3) is 0 Å². The molecule has 2 heterocycles. The lowest BCUT2D eigenvalue weighted by Gasteiger charge is -2.33. The van der Waals surface area contributed by atoms with Gasteiger partial charge < -0.3 is 10.2 Å². The average Bonchev–Trinajstić information content (AvgIpc) is 2.74. The lowest BCUT2D eigenvalue weighted by Crippen LogP contribution is -2.41. The second-order valence-corrected chi connectivity index (χ2v) is 8.81. The third-order valence-corrected chi connectivity index (χ3v) is 6.17. The average molecular weight is 419 g/mol. The normalized spacial score (nSPS) is 16.3. The quantitative estimate of drug-likeness (QED) is 0.625. The molecule has 1 saturated heterocycles. The number of aryl methyl sites for hydroxylation is 2. The van der Waals surface area contributed by atoms with Crippen molar-refractivity contribution >= 4 is 29.2 Å². The van der Waals surface area contributed by atoms with Gasteiger partial charge in [-0.05, 0) is 62.1 Å². The zero-order chi connectivity index (χ0) is 20.9. The number of rotatable bonds is 5. The Hall–Kier alpha value is -2.86. The van der Waals surface area contributed by atoms with Crippen LogP contribution >= 0.6 is 11.8 Å². The summed E-state index contributed by atoms with van der Waals surface area (Å²) in [6.07, 6.45) is 5.29. The van der Waals surface area contributed by atoms with E-state index in [0.29, 0.717) is 6.54 Å². The van der Waals surface area contributed by atoms with Gasteiger partial charge in [-0.1, -0.05) is 36.0 Å². The molecule has 6 heteroatoms. The van der Waals surface area contributed by atoms with Gasteiger partial charge in [0.1, 0.15) is 5.03 Å². The fourth-order valence-corrected chi connectivity index (χ4v) is 4.78. The van der Waals surface area contributed by atoms with Crippen molar-refractivity contribution in [2.24, 2.45) is 5.92 Å². The number of piperidine rings is 1. The number of benzene rings is 2. The highest BCUT2D eigenvalue weighted by Gasteiger charge is 2.28. The Balaban J connectivity index is 1.48. The van der Waals surface area contributed by atoms with E-state index < -0.39 is 0 Å². The Labute approximate surface area is 181 Å². The number of nitrogens with zero attached hydrogens (tertiary/aromatic N) is 3. The maximum Gasteiger partial charge on any atom is 0.229 e. The summed E-state index contributed by atoms with van der Waals surface area (Å²) < 4.78 is 0. The molecule has 0 saturated carbocycles. The molecule has 1 aliphatic rings. The van der Waals surface area contributed by atoms with E-state index in [0.717, 1.165) is 51.9 Å². The van der Waals surface area contributed by atoms with E-state index in [-0.39, 0.29) is 11.8 Å². The fourth-order valence-electron chi connectivity index (χ4n) is 3.88. The zero-order valence-electron chi connectivity index (χ0n) is 17.3. The van der Waals surface area contributed by atoms with Crippen molar-refractivity contribution in [3.8, 4) is 0 Å². The molecular formula is C24H26N4OS. The highest BCUT2D eigenvalue weighted by Crippen LogP contribution is 2.34. The van der Waals surface area contributed by atoms with Crippen molar-refractivity contribution in [3.05, 3.63) is 72.1 Å². The third kappa shape index (κ3) is 5.00. The van der Waals surface area contributed by atoms with E-state index in [2.05, 4.69) is 38.4 Å². The molecule has 1 aliphatic heterocycles. The van der Waals surface area contributed by atoms with Crippen LogP contribution in [-0.4, -0.2) is 29.0 Å². The van der Waals surface area contributed by atoms with Crippen LogP contribution in [0.1, 0.15) is 24.0 Å². The standard InChI is InChI=1S/C24H26N4OS/c1-17-13-18(2)15-20(14-17)27-23(29)19-7-6-12-28(16-19)22-24(26-11-10-25-22)30-21-8-4-3-5-9-21/h3-5,8-11,13-15,19H,6-7,12,16H2,1-2H3,(H,27,29). The van der Waals surface area contributed by atoms with E-state index in [9.17, 15) is 4.79 Å². The zero-order valence-corrected chi connectivity index (χ0v) is 18.2. The molecule has 1 fully saturated rings. The molecule has 1 amide bonds. The molecule has 1 atom stereocenters. The Morgan fingerprint density at radius 3 is 2.57 bits per heavy atom. The highest BCUT2D eigenvalue weighted by molar-refractivity contribution is 7.99. The van der Waals surface area contributed by atoms with E-state index in [1.54, 1.807) is 24.2 Å². The lowest BCUT2D eigenvalue weighted by molar-refractivity contribution is -0.120. The number of hydrogen-bond donors (Lipinski definition) is 1. The number of nitrogens with one attached hydrogen (secondary N) is 1. The van der Waals surface area contributed by atoms with E-state index in [1.807, 2.05) is 44.2 Å². The van der Waals surface area contributed by atoms with Gasteiger partial charge in [-0.15, -0.1) is 0 Å². The summed E-state index contributed by atoms with van der Waals surface area (Å²) in [6.45, 7) is 5.63.